The molecule has 1 saturated carbocycles. The van der Waals surface area contributed by atoms with Gasteiger partial charge in [-0.2, -0.15) is 0 Å². The first-order chi connectivity index (χ1) is 17.9. The number of hydrogen-bond acceptors (Lipinski definition) is 6. The van der Waals surface area contributed by atoms with Crippen LogP contribution in [0.1, 0.15) is 63.9 Å². The lowest BCUT2D eigenvalue weighted by Gasteiger charge is -2.39. The van der Waals surface area contributed by atoms with Crippen LogP contribution in [0.3, 0.4) is 0 Å². The zero-order chi connectivity index (χ0) is 26.7. The van der Waals surface area contributed by atoms with E-state index < -0.39 is 29.2 Å². The van der Waals surface area contributed by atoms with E-state index in [0.717, 1.165) is 31.2 Å². The van der Waals surface area contributed by atoms with E-state index in [0.29, 0.717) is 57.7 Å². The Morgan fingerprint density at radius 3 is 2.51 bits per heavy atom. The molecule has 204 valence electrons. The minimum absolute atomic E-state index is 0.162. The summed E-state index contributed by atoms with van der Waals surface area (Å²) in [4.78, 5) is 54.1. The summed E-state index contributed by atoms with van der Waals surface area (Å²) >= 11 is 0. The Morgan fingerprint density at radius 1 is 1.11 bits per heavy atom. The van der Waals surface area contributed by atoms with Gasteiger partial charge < -0.3 is 30.3 Å². The van der Waals surface area contributed by atoms with E-state index in [1.165, 1.54) is 0 Å². The number of benzene rings is 1. The van der Waals surface area contributed by atoms with Gasteiger partial charge in [0.05, 0.1) is 26.4 Å². The highest BCUT2D eigenvalue weighted by Gasteiger charge is 2.43. The Bertz CT molecular complexity index is 941. The van der Waals surface area contributed by atoms with Crippen LogP contribution in [0.4, 0.5) is 4.79 Å². The van der Waals surface area contributed by atoms with E-state index in [1.54, 1.807) is 30.2 Å². The number of unbranched alkanes of at least 4 members (excludes halogenated alkanes) is 1. The van der Waals surface area contributed by atoms with Crippen molar-refractivity contribution in [1.82, 2.24) is 20.9 Å². The van der Waals surface area contributed by atoms with E-state index in [2.05, 4.69) is 16.0 Å². The first-order valence-electron chi connectivity index (χ1n) is 13.3. The fourth-order valence-corrected chi connectivity index (χ4v) is 4.80. The Kier molecular flexibility index (Phi) is 10.7. The zero-order valence-electron chi connectivity index (χ0n) is 22.0. The largest absolute Gasteiger partial charge is 0.497 e. The van der Waals surface area contributed by atoms with Crippen molar-refractivity contribution in [3.05, 3.63) is 29.8 Å². The predicted molar refractivity (Wildman–Crippen MR) is 138 cm³/mol. The van der Waals surface area contributed by atoms with Gasteiger partial charge in [-0.05, 0) is 37.0 Å². The Morgan fingerprint density at radius 2 is 1.84 bits per heavy atom. The molecule has 1 aromatic carbocycles. The number of nitrogens with one attached hydrogen (secondary N) is 3. The van der Waals surface area contributed by atoms with Gasteiger partial charge in [-0.25, -0.2) is 4.79 Å². The highest BCUT2D eigenvalue weighted by molar-refractivity contribution is 6.38. The number of rotatable bonds is 11. The second-order valence-corrected chi connectivity index (χ2v) is 9.74. The molecule has 10 heteroatoms. The second kappa shape index (κ2) is 14.0. The number of nitrogens with zero attached hydrogens (tertiary/aromatic N) is 1. The molecule has 10 nitrogen and oxygen atoms in total. The molecule has 1 aliphatic carbocycles. The van der Waals surface area contributed by atoms with E-state index in [9.17, 15) is 19.2 Å². The van der Waals surface area contributed by atoms with Crippen molar-refractivity contribution in [2.75, 3.05) is 33.4 Å². The van der Waals surface area contributed by atoms with Gasteiger partial charge in [0.1, 0.15) is 11.3 Å². The fraction of sp³-hybridized carbons (Fsp3) is 0.630. The average Bonchev–Trinajstić information content (AvgIpc) is 2.94. The summed E-state index contributed by atoms with van der Waals surface area (Å²) in [5.74, 6) is -1.18. The normalized spacial score (nSPS) is 17.8. The summed E-state index contributed by atoms with van der Waals surface area (Å²) in [6, 6.07) is 5.95. The van der Waals surface area contributed by atoms with Gasteiger partial charge >= 0.3 is 6.03 Å². The molecule has 37 heavy (non-hydrogen) atoms. The van der Waals surface area contributed by atoms with Crippen LogP contribution < -0.4 is 20.7 Å². The molecule has 3 N–H and O–H groups in total. The minimum atomic E-state index is -1.10. The number of ether oxygens (including phenoxy) is 2. The molecular weight excluding hydrogens is 476 g/mol. The lowest BCUT2D eigenvalue weighted by atomic mass is 9.80. The van der Waals surface area contributed by atoms with Crippen molar-refractivity contribution in [3.63, 3.8) is 0 Å². The summed E-state index contributed by atoms with van der Waals surface area (Å²) in [5, 5.41) is 8.49. The quantitative estimate of drug-likeness (QED) is 0.388. The van der Waals surface area contributed by atoms with Crippen molar-refractivity contribution in [3.8, 4) is 5.75 Å². The first-order valence-corrected chi connectivity index (χ1v) is 13.3. The third-order valence-electron chi connectivity index (χ3n) is 7.07. The maximum atomic E-state index is 13.6. The van der Waals surface area contributed by atoms with E-state index in [4.69, 9.17) is 9.47 Å². The highest BCUT2D eigenvalue weighted by atomic mass is 16.5. The lowest BCUT2D eigenvalue weighted by Crippen LogP contribution is -2.64. The molecule has 0 bridgehead atoms. The number of amides is 4. The number of hydrogen-bond donors (Lipinski definition) is 3. The van der Waals surface area contributed by atoms with Gasteiger partial charge in [-0.3, -0.25) is 14.4 Å². The van der Waals surface area contributed by atoms with Gasteiger partial charge in [0.15, 0.2) is 0 Å². The average molecular weight is 517 g/mol. The van der Waals surface area contributed by atoms with Crippen LogP contribution >= 0.6 is 0 Å². The molecule has 4 amide bonds. The van der Waals surface area contributed by atoms with Gasteiger partial charge in [0.25, 0.3) is 5.91 Å². The smallest absolute Gasteiger partial charge is 0.318 e. The van der Waals surface area contributed by atoms with Crippen molar-refractivity contribution in [2.45, 2.75) is 76.4 Å². The molecule has 1 atom stereocenters. The molecule has 1 aliphatic heterocycles. The van der Waals surface area contributed by atoms with Gasteiger partial charge in [0.2, 0.25) is 11.7 Å². The summed E-state index contributed by atoms with van der Waals surface area (Å²) in [6.45, 7) is 4.01. The number of ketones is 1. The number of carbonyl (C=O) groups excluding carboxylic acids is 4. The van der Waals surface area contributed by atoms with Crippen molar-refractivity contribution >= 4 is 23.6 Å². The highest BCUT2D eigenvalue weighted by Crippen LogP contribution is 2.29. The van der Waals surface area contributed by atoms with Crippen molar-refractivity contribution in [1.29, 1.82) is 0 Å². The summed E-state index contributed by atoms with van der Waals surface area (Å²) in [6.07, 6.45) is 5.39. The van der Waals surface area contributed by atoms with Crippen LogP contribution in [-0.2, 0) is 25.7 Å². The van der Waals surface area contributed by atoms with Crippen LogP contribution in [0.5, 0.6) is 5.75 Å². The number of urea groups is 1. The number of morpholine rings is 1. The Hall–Kier alpha value is -3.14. The molecule has 2 aliphatic rings. The van der Waals surface area contributed by atoms with E-state index in [-0.39, 0.29) is 12.6 Å². The van der Waals surface area contributed by atoms with Crippen LogP contribution in [0.2, 0.25) is 0 Å². The van der Waals surface area contributed by atoms with Crippen LogP contribution in [0.15, 0.2) is 24.3 Å². The monoisotopic (exact) mass is 516 g/mol. The van der Waals surface area contributed by atoms with Crippen LogP contribution in [-0.4, -0.2) is 73.5 Å². The second-order valence-electron chi connectivity index (χ2n) is 9.74. The number of carbonyl (C=O) groups is 4. The lowest BCUT2D eigenvalue weighted by molar-refractivity contribution is -0.141. The molecule has 2 fully saturated rings. The number of Topliss-reactive ketones (excluding diaryl/α,β-unsaturated/α-hetero) is 1. The molecular formula is C27H40N4O6. The molecule has 0 aromatic heterocycles. The zero-order valence-corrected chi connectivity index (χ0v) is 22.0. The summed E-state index contributed by atoms with van der Waals surface area (Å²) < 4.78 is 10.5. The number of methoxy groups -OCH3 is 1. The summed E-state index contributed by atoms with van der Waals surface area (Å²) in [5.41, 5.74) is -0.309. The molecule has 0 spiro atoms. The van der Waals surface area contributed by atoms with Crippen LogP contribution in [0.25, 0.3) is 0 Å². The molecule has 0 radical (unpaired) electrons. The summed E-state index contributed by atoms with van der Waals surface area (Å²) in [7, 11) is 1.56. The molecule has 1 saturated heterocycles. The van der Waals surface area contributed by atoms with E-state index >= 15 is 0 Å². The fourth-order valence-electron chi connectivity index (χ4n) is 4.80. The molecule has 1 unspecified atom stereocenters. The maximum Gasteiger partial charge on any atom is 0.318 e. The molecule has 1 heterocycles. The van der Waals surface area contributed by atoms with Gasteiger partial charge in [0, 0.05) is 19.6 Å². The van der Waals surface area contributed by atoms with Crippen molar-refractivity contribution < 1.29 is 28.7 Å². The maximum absolute atomic E-state index is 13.6. The Labute approximate surface area is 218 Å². The predicted octanol–water partition coefficient (Wildman–Crippen LogP) is 2.30. The topological polar surface area (TPSA) is 126 Å². The van der Waals surface area contributed by atoms with Gasteiger partial charge in [-0.15, -0.1) is 0 Å². The third kappa shape index (κ3) is 7.92. The Balaban J connectivity index is 1.67. The van der Waals surface area contributed by atoms with E-state index in [1.807, 2.05) is 13.0 Å². The molecule has 1 aromatic rings. The van der Waals surface area contributed by atoms with Gasteiger partial charge in [-0.1, -0.05) is 51.2 Å². The first kappa shape index (κ1) is 28.4. The standard InChI is InChI=1S/C27H40N4O6/c1-3-4-11-22(23(32)24(33)28-19-20-9-8-10-21(18-20)36-2)29-25(34)27(12-6-5-7-13-27)30-26(35)31-14-16-37-17-15-31/h8-10,18,22H,3-7,11-17,19H2,1-2H3,(H,28,33)(H,29,34)(H,30,35). The third-order valence-corrected chi connectivity index (χ3v) is 7.07. The van der Waals surface area contributed by atoms with Crippen molar-refractivity contribution in [2.24, 2.45) is 0 Å². The SMILES string of the molecule is CCCCC(NC(=O)C1(NC(=O)N2CCOCC2)CCCCC1)C(=O)C(=O)NCc1cccc(OC)c1. The van der Waals surface area contributed by atoms with Crippen LogP contribution in [0, 0.1) is 0 Å². The molecule has 3 rings (SSSR count). The minimum Gasteiger partial charge on any atom is -0.497 e.